The monoisotopic (exact) mass is 1260 g/mol. The van der Waals surface area contributed by atoms with E-state index >= 15 is 0 Å². The third-order valence-corrected chi connectivity index (χ3v) is 18.7. The average molecular weight is 1270 g/mol. The Bertz CT molecular complexity index is 7730. The first-order chi connectivity index (χ1) is 61.5. The van der Waals surface area contributed by atoms with Crippen molar-refractivity contribution in [2.45, 2.75) is 0 Å². The van der Waals surface area contributed by atoms with Gasteiger partial charge in [0.15, 0.2) is 0 Å². The molecule has 0 radical (unpaired) electrons. The van der Waals surface area contributed by atoms with Crippen LogP contribution in [0.5, 0.6) is 0 Å². The lowest BCUT2D eigenvalue weighted by atomic mass is 9.33. The van der Waals surface area contributed by atoms with E-state index < -0.39 is 200 Å². The highest BCUT2D eigenvalue weighted by atomic mass is 15.2. The molecule has 0 unspecified atom stereocenters. The Morgan fingerprint density at radius 2 is 0.495 bits per heavy atom. The number of aromatic nitrogens is 4. The van der Waals surface area contributed by atoms with Crippen LogP contribution in [-0.4, -0.2) is 25.0 Å². The lowest BCUT2D eigenvalue weighted by Crippen LogP contribution is -2.61. The molecule has 0 amide bonds. The van der Waals surface area contributed by atoms with E-state index in [1.165, 1.54) is 18.3 Å². The molecule has 6 nitrogen and oxygen atoms in total. The predicted octanol–water partition coefficient (Wildman–Crippen LogP) is 21.5. The molecule has 0 saturated carbocycles. The van der Waals surface area contributed by atoms with Gasteiger partial charge in [-0.05, 0) is 149 Å². The molecule has 2 aliphatic rings. The summed E-state index contributed by atoms with van der Waals surface area (Å²) in [4.78, 5) is 3.89. The molecule has 6 heterocycles. The van der Waals surface area contributed by atoms with Crippen molar-refractivity contribution in [3.63, 3.8) is 0 Å². The van der Waals surface area contributed by atoms with Crippen LogP contribution in [0.1, 0.15) is 43.9 Å². The number of anilines is 6. The smallest absolute Gasteiger partial charge is 0.252 e. The van der Waals surface area contributed by atoms with Crippen LogP contribution in [0.25, 0.3) is 132 Å². The number of benzene rings is 15. The fraction of sp³-hybridized carbons (Fsp3) is 0. The highest BCUT2D eigenvalue weighted by Gasteiger charge is 2.44. The van der Waals surface area contributed by atoms with Crippen LogP contribution < -0.4 is 26.2 Å². The SMILES string of the molecule is [2H]c1c([2H])c([2H])c2c(c1[2H])c1c([2H])c([2H])c([2H])c([2H])c1n2-c1cccc(-c2ccccc2N2c3cc(-n4c5c([2H])c([2H])c([2H])c([2H])c5c5c([2H])c([2H])c([2H])c([2H])c54)ccc3B3c4ccc(-n5c6c([2H])c([2H])c([2H])c([2H])c6c6c([2H])c([2H])c([2H])c([2H])c65)cc4N(c4ccccc4-c4cccc(-n5c6c([2H])c([2H])c([2H])c([2H])c6c6c([2H])c([2H])c([2H])c([2H])c65)c4)c4cccc2c43)c1. The molecule has 0 N–H and O–H groups in total. The number of hydrogen-bond donors (Lipinski definition) is 0. The summed E-state index contributed by atoms with van der Waals surface area (Å²) < 4.78 is 301. The maximum absolute atomic E-state index is 9.71. The van der Waals surface area contributed by atoms with Crippen LogP contribution in [0, 0.1) is 0 Å². The fourth-order valence-electron chi connectivity index (χ4n) is 14.9. The Kier molecular flexibility index (Phi) is 6.74. The molecule has 15 aromatic carbocycles. The highest BCUT2D eigenvalue weighted by Crippen LogP contribution is 2.50. The predicted molar refractivity (Wildman–Crippen MR) is 409 cm³/mol. The first-order valence-corrected chi connectivity index (χ1v) is 30.9. The van der Waals surface area contributed by atoms with E-state index in [2.05, 4.69) is 0 Å². The van der Waals surface area contributed by atoms with E-state index in [-0.39, 0.29) is 110 Å². The maximum Gasteiger partial charge on any atom is 0.252 e. The van der Waals surface area contributed by atoms with Gasteiger partial charge >= 0.3 is 0 Å². The van der Waals surface area contributed by atoms with Gasteiger partial charge in [-0.15, -0.1) is 0 Å². The van der Waals surface area contributed by atoms with E-state index in [1.807, 2.05) is 46.2 Å². The molecule has 7 heteroatoms. The van der Waals surface area contributed by atoms with Crippen LogP contribution in [0.3, 0.4) is 0 Å². The second-order valence-corrected chi connectivity index (χ2v) is 23.6. The van der Waals surface area contributed by atoms with Crippen LogP contribution in [-0.2, 0) is 0 Å². The van der Waals surface area contributed by atoms with Crippen molar-refractivity contribution in [1.82, 2.24) is 18.3 Å². The van der Waals surface area contributed by atoms with E-state index in [4.69, 9.17) is 21.9 Å². The summed E-state index contributed by atoms with van der Waals surface area (Å²) in [6.07, 6.45) is 0. The van der Waals surface area contributed by atoms with Gasteiger partial charge in [0.1, 0.15) is 0 Å². The van der Waals surface area contributed by atoms with Crippen LogP contribution in [0.15, 0.2) is 345 Å². The summed E-state index contributed by atoms with van der Waals surface area (Å²) in [5.74, 6) is 0. The molecule has 19 aromatic rings. The minimum Gasteiger partial charge on any atom is -0.311 e. The number of fused-ring (bicyclic) bond motifs is 16. The Morgan fingerprint density at radius 1 is 0.227 bits per heavy atom. The van der Waals surface area contributed by atoms with E-state index in [0.29, 0.717) is 72.8 Å². The zero-order chi connectivity index (χ0) is 91.2. The van der Waals surface area contributed by atoms with E-state index in [1.54, 1.807) is 115 Å². The summed E-state index contributed by atoms with van der Waals surface area (Å²) in [5, 5.41) is -1.45. The molecule has 0 bridgehead atoms. The van der Waals surface area contributed by atoms with Crippen LogP contribution >= 0.6 is 0 Å². The molecule has 0 atom stereocenters. The van der Waals surface area contributed by atoms with Gasteiger partial charge in [-0.1, -0.05) is 224 Å². The normalized spacial score (nSPS) is 17.3. The molecule has 0 aliphatic carbocycles. The summed E-state index contributed by atoms with van der Waals surface area (Å²) >= 11 is 0. The molecule has 0 saturated heterocycles. The Hall–Kier alpha value is -12.8. The second-order valence-electron chi connectivity index (χ2n) is 23.6. The number of nitrogens with zero attached hydrogens (tertiary/aromatic N) is 6. The summed E-state index contributed by atoms with van der Waals surface area (Å²) in [5.41, 5.74) is 4.99. The van der Waals surface area contributed by atoms with Crippen molar-refractivity contribution in [3.05, 3.63) is 345 Å². The maximum atomic E-state index is 9.71. The summed E-state index contributed by atoms with van der Waals surface area (Å²) in [6, 6.07) is 24.3. The molecule has 450 valence electrons. The molecule has 0 fully saturated rings. The molecular formula is C90H57BN6. The minimum absolute atomic E-state index is 0.125. The minimum atomic E-state index is -0.965. The summed E-state index contributed by atoms with van der Waals surface area (Å²) in [7, 11) is 0. The van der Waals surface area contributed by atoms with Gasteiger partial charge in [0.25, 0.3) is 6.71 Å². The standard InChI is InChI=1S/C90H57BN6/c1-11-38-76(64(28-1)58-24-21-26-60(54-58)92-78-40-13-3-30-66(78)67-31-4-14-41-79(67)92)96-86-48-23-49-87-90(86)91(74-52-50-62(56-88(74)96)94-82-44-17-7-34-70(82)71-35-8-18-45-83(71)94)75-53-51-63(95-84-46-19-9-36-72(84)73-37-10-20-47-85(73)95)57-89(75)97(87)77-39-12-2-29-65(77)59-25-22-27-61(55-59)93-80-42-15-5-32-68(80)69-33-6-16-43-81(69)93/h1-57H/i3D,4D,5D,6D,7D,8D,9D,10D,13D,14D,15D,16D,17D,18D,19D,20D,30D,31D,32D,33D,34D,35D,36D,37D,40D,41D,42D,43D,44D,45D,46D,47D. The zero-order valence-electron chi connectivity index (χ0n) is 82.2. The van der Waals surface area contributed by atoms with Crippen molar-refractivity contribution in [2.75, 3.05) is 9.80 Å². The molecule has 97 heavy (non-hydrogen) atoms. The molecular weight excluding hydrogens is 1180 g/mol. The zero-order valence-corrected chi connectivity index (χ0v) is 50.2. The van der Waals surface area contributed by atoms with Gasteiger partial charge in [0, 0.05) is 99.7 Å². The third kappa shape index (κ3) is 7.79. The first kappa shape index (κ1) is 31.4. The highest BCUT2D eigenvalue weighted by molar-refractivity contribution is 7.00. The van der Waals surface area contributed by atoms with Gasteiger partial charge in [-0.2, -0.15) is 0 Å². The lowest BCUT2D eigenvalue weighted by molar-refractivity contribution is 1.16. The van der Waals surface area contributed by atoms with Gasteiger partial charge in [0.2, 0.25) is 0 Å². The first-order valence-electron chi connectivity index (χ1n) is 46.9. The van der Waals surface area contributed by atoms with Gasteiger partial charge in [-0.3, -0.25) is 0 Å². The van der Waals surface area contributed by atoms with Crippen molar-refractivity contribution in [3.8, 4) is 45.0 Å². The molecule has 2 aliphatic heterocycles. The quantitative estimate of drug-likeness (QED) is 0.142. The van der Waals surface area contributed by atoms with Gasteiger partial charge in [-0.25, -0.2) is 0 Å². The van der Waals surface area contributed by atoms with E-state index in [9.17, 15) is 21.9 Å². The van der Waals surface area contributed by atoms with Crippen LogP contribution in [0.2, 0.25) is 0 Å². The van der Waals surface area contributed by atoms with Crippen molar-refractivity contribution in [1.29, 1.82) is 0 Å². The molecule has 4 aromatic heterocycles. The fourth-order valence-corrected chi connectivity index (χ4v) is 14.9. The lowest BCUT2D eigenvalue weighted by Gasteiger charge is -2.45. The average Bonchev–Trinajstić information content (AvgIpc) is 1.69. The number of hydrogen-bond acceptors (Lipinski definition) is 2. The molecule has 0 spiro atoms. The van der Waals surface area contributed by atoms with Gasteiger partial charge < -0.3 is 28.1 Å². The third-order valence-electron chi connectivity index (χ3n) is 18.7. The van der Waals surface area contributed by atoms with Crippen molar-refractivity contribution >= 4 is 144 Å². The second kappa shape index (κ2) is 20.8. The Morgan fingerprint density at radius 3 is 0.814 bits per heavy atom. The van der Waals surface area contributed by atoms with Crippen molar-refractivity contribution in [2.24, 2.45) is 0 Å². The van der Waals surface area contributed by atoms with Crippen molar-refractivity contribution < 1.29 is 43.9 Å². The molecule has 21 rings (SSSR count). The van der Waals surface area contributed by atoms with Gasteiger partial charge in [0.05, 0.1) is 99.4 Å². The summed E-state index contributed by atoms with van der Waals surface area (Å²) in [6.45, 7) is -0.965. The number of rotatable bonds is 8. The van der Waals surface area contributed by atoms with E-state index in [0.717, 1.165) is 0 Å². The van der Waals surface area contributed by atoms with Crippen LogP contribution in [0.4, 0.5) is 34.1 Å². The largest absolute Gasteiger partial charge is 0.311 e. The number of para-hydroxylation sites is 10. The Labute approximate surface area is 604 Å². The Balaban J connectivity index is 0.876. The topological polar surface area (TPSA) is 26.2 Å².